The van der Waals surface area contributed by atoms with Crippen molar-refractivity contribution in [3.63, 3.8) is 0 Å². The van der Waals surface area contributed by atoms with Gasteiger partial charge in [-0.15, -0.1) is 11.8 Å². The first-order valence-corrected chi connectivity index (χ1v) is 19.0. The Labute approximate surface area is 296 Å². The highest BCUT2D eigenvalue weighted by molar-refractivity contribution is 8.00. The first-order valence-electron chi connectivity index (χ1n) is 15.8. The number of imide groups is 1. The largest absolute Gasteiger partial charge is 0.484 e. The zero-order chi connectivity index (χ0) is 36.0. The van der Waals surface area contributed by atoms with E-state index in [1.165, 1.54) is 48.2 Å². The van der Waals surface area contributed by atoms with Crippen LogP contribution >= 0.6 is 23.1 Å². The minimum absolute atomic E-state index is 0.105. The number of para-hydroxylation sites is 1. The average Bonchev–Trinajstić information content (AvgIpc) is 3.82. The van der Waals surface area contributed by atoms with Gasteiger partial charge in [-0.2, -0.15) is 13.2 Å². The van der Waals surface area contributed by atoms with Gasteiger partial charge < -0.3 is 15.0 Å². The molecule has 2 aliphatic heterocycles. The highest BCUT2D eigenvalue weighted by Gasteiger charge is 2.70. The number of nitrogens with two attached hydrogens (primary N) is 1. The van der Waals surface area contributed by atoms with Gasteiger partial charge in [0.1, 0.15) is 5.75 Å². The molecule has 3 heterocycles. The number of halogens is 3. The number of sulfonamides is 1. The molecule has 4 N–H and O–H groups in total. The van der Waals surface area contributed by atoms with Crippen molar-refractivity contribution >= 4 is 62.2 Å². The van der Waals surface area contributed by atoms with Crippen LogP contribution in [0.3, 0.4) is 0 Å². The maximum absolute atomic E-state index is 14.0. The number of primary sulfonamides is 1. The molecule has 0 spiro atoms. The van der Waals surface area contributed by atoms with Crippen LogP contribution in [-0.2, 0) is 30.6 Å². The van der Waals surface area contributed by atoms with Crippen molar-refractivity contribution in [1.29, 1.82) is 0 Å². The monoisotopic (exact) mass is 756 g/mol. The predicted octanol–water partition coefficient (Wildman–Crippen LogP) is 4.80. The van der Waals surface area contributed by atoms with E-state index < -0.39 is 57.0 Å². The van der Waals surface area contributed by atoms with Crippen molar-refractivity contribution < 1.29 is 40.7 Å². The van der Waals surface area contributed by atoms with E-state index in [4.69, 9.17) is 9.88 Å². The maximum atomic E-state index is 14.0. The first kappa shape index (κ1) is 33.7. The lowest BCUT2D eigenvalue weighted by Gasteiger charge is -2.43. The lowest BCUT2D eigenvalue weighted by molar-refractivity contribution is -0.137. The number of nitrogens with one attached hydrogen (secondary N) is 2. The molecule has 1 saturated heterocycles. The van der Waals surface area contributed by atoms with Crippen molar-refractivity contribution in [2.75, 3.05) is 16.8 Å². The molecule has 51 heavy (non-hydrogen) atoms. The molecule has 17 heteroatoms. The third-order valence-corrected chi connectivity index (χ3v) is 13.7. The van der Waals surface area contributed by atoms with E-state index in [0.29, 0.717) is 22.9 Å². The summed E-state index contributed by atoms with van der Waals surface area (Å²) in [5.41, 5.74) is -0.411. The number of aromatic amines is 1. The summed E-state index contributed by atoms with van der Waals surface area (Å²) >= 11 is 2.51. The molecule has 8 rings (SSSR count). The standard InChI is InChI=1S/C34H27F3N4O7S3/c35-34(36,37)21-6-1-2-7-22(21)41-31(43)26-19-13-20(27(26)32(41)44)28-25(19)24(29-30(49-28)40-33(45)50-29)15-4-3-5-17(12-15)48-14-23(42)39-16-8-10-18(11-9-16)51(38,46)47/h1-12,19-20,24-28H,13-14H2,(H,39,42)(H,40,45)(H2,38,46,47)/t19-,20-,24+,25-,26+,27+,28-/m1/s1. The van der Waals surface area contributed by atoms with Gasteiger partial charge in [0.25, 0.3) is 5.91 Å². The first-order chi connectivity index (χ1) is 24.2. The molecule has 11 nitrogen and oxygen atoms in total. The molecule has 1 aromatic heterocycles. The summed E-state index contributed by atoms with van der Waals surface area (Å²) in [5.74, 6) is -4.20. The Hall–Kier alpha value is -4.45. The zero-order valence-corrected chi connectivity index (χ0v) is 28.6. The van der Waals surface area contributed by atoms with Crippen molar-refractivity contribution in [2.45, 2.75) is 33.7 Å². The van der Waals surface area contributed by atoms with Crippen LogP contribution in [-0.4, -0.2) is 43.0 Å². The fourth-order valence-electron chi connectivity index (χ4n) is 8.41. The van der Waals surface area contributed by atoms with Gasteiger partial charge in [0.05, 0.1) is 33.0 Å². The summed E-state index contributed by atoms with van der Waals surface area (Å²) in [4.78, 5) is 57.3. The molecule has 3 fully saturated rings. The van der Waals surface area contributed by atoms with Crippen molar-refractivity contribution in [2.24, 2.45) is 34.7 Å². The Kier molecular flexibility index (Phi) is 7.97. The lowest BCUT2D eigenvalue weighted by Crippen LogP contribution is -2.42. The Morgan fingerprint density at radius 3 is 2.39 bits per heavy atom. The summed E-state index contributed by atoms with van der Waals surface area (Å²) in [5, 5.41) is 8.22. The number of rotatable bonds is 7. The third kappa shape index (κ3) is 5.66. The van der Waals surface area contributed by atoms with Gasteiger partial charge in [-0.1, -0.05) is 35.6 Å². The molecule has 2 bridgehead atoms. The van der Waals surface area contributed by atoms with E-state index in [0.717, 1.165) is 38.8 Å². The number of nitrogens with zero attached hydrogens (tertiary/aromatic N) is 1. The number of thioether (sulfide) groups is 1. The minimum atomic E-state index is -4.77. The van der Waals surface area contributed by atoms with Gasteiger partial charge in [0.15, 0.2) is 6.61 Å². The van der Waals surface area contributed by atoms with Crippen LogP contribution in [0.15, 0.2) is 87.5 Å². The second-order valence-electron chi connectivity index (χ2n) is 13.0. The number of thiazole rings is 1. The Bertz CT molecular complexity index is 2270. The number of carbonyl (C=O) groups is 3. The molecule has 2 aliphatic carbocycles. The quantitative estimate of drug-likeness (QED) is 0.226. The summed E-state index contributed by atoms with van der Waals surface area (Å²) in [6.45, 7) is -0.379. The Balaban J connectivity index is 1.06. The number of hydrogen-bond donors (Lipinski definition) is 3. The molecule has 3 amide bonds. The fourth-order valence-corrected chi connectivity index (χ4v) is 11.8. The fraction of sp³-hybridized carbons (Fsp3) is 0.294. The maximum Gasteiger partial charge on any atom is 0.418 e. The molecule has 264 valence electrons. The topological polar surface area (TPSA) is 169 Å². The summed E-state index contributed by atoms with van der Waals surface area (Å²) in [6, 6.07) is 17.0. The second kappa shape index (κ2) is 12.1. The molecule has 0 unspecified atom stereocenters. The van der Waals surface area contributed by atoms with Crippen LogP contribution in [0.4, 0.5) is 24.5 Å². The van der Waals surface area contributed by atoms with Crippen LogP contribution in [0.25, 0.3) is 0 Å². The normalized spacial score (nSPS) is 26.5. The van der Waals surface area contributed by atoms with Crippen molar-refractivity contribution in [3.8, 4) is 5.75 Å². The van der Waals surface area contributed by atoms with Gasteiger partial charge in [-0.3, -0.25) is 19.2 Å². The summed E-state index contributed by atoms with van der Waals surface area (Å²) in [7, 11) is -3.89. The van der Waals surface area contributed by atoms with Crippen molar-refractivity contribution in [1.82, 2.24) is 4.98 Å². The number of benzene rings is 3. The van der Waals surface area contributed by atoms with E-state index >= 15 is 0 Å². The van der Waals surface area contributed by atoms with Gasteiger partial charge in [-0.25, -0.2) is 18.5 Å². The van der Waals surface area contributed by atoms with Crippen LogP contribution < -0.4 is 25.0 Å². The van der Waals surface area contributed by atoms with E-state index in [2.05, 4.69) is 10.3 Å². The van der Waals surface area contributed by atoms with E-state index in [1.807, 2.05) is 6.07 Å². The number of H-pyrrole nitrogens is 1. The van der Waals surface area contributed by atoms with Crippen molar-refractivity contribution in [3.05, 3.63) is 98.5 Å². The van der Waals surface area contributed by atoms with Crippen LogP contribution in [0, 0.1) is 29.6 Å². The van der Waals surface area contributed by atoms with Gasteiger partial charge in [0.2, 0.25) is 21.8 Å². The number of carbonyl (C=O) groups excluding carboxylic acids is 3. The second-order valence-corrected chi connectivity index (χ2v) is 16.7. The summed E-state index contributed by atoms with van der Waals surface area (Å²) in [6.07, 6.45) is -4.22. The van der Waals surface area contributed by atoms with Gasteiger partial charge in [-0.05, 0) is 78.3 Å². The minimum Gasteiger partial charge on any atom is -0.484 e. The molecule has 7 atom stereocenters. The van der Waals surface area contributed by atoms with Crippen LogP contribution in [0.2, 0.25) is 0 Å². The smallest absolute Gasteiger partial charge is 0.418 e. The molecule has 4 aliphatic rings. The lowest BCUT2D eigenvalue weighted by atomic mass is 9.68. The molecular formula is C34H27F3N4O7S3. The number of aromatic nitrogens is 1. The highest BCUT2D eigenvalue weighted by Crippen LogP contribution is 2.69. The Morgan fingerprint density at radius 2 is 1.69 bits per heavy atom. The molecule has 4 aromatic rings. The van der Waals surface area contributed by atoms with E-state index in [-0.39, 0.29) is 45.3 Å². The van der Waals surface area contributed by atoms with E-state index in [1.54, 1.807) is 18.2 Å². The number of alkyl halides is 3. The SMILES string of the molecule is NS(=O)(=O)c1ccc(NC(=O)COc2cccc([C@@H]3c4sc(=O)[nH]c4S[C@@H]4[C@@H]5C[C@@H]([C@@H]6C(=O)N(c7ccccc7C(F)(F)F)C(=O)[C@@H]56)[C@H]34)c2)cc1. The molecular weight excluding hydrogens is 730 g/mol. The third-order valence-electron chi connectivity index (χ3n) is 10.2. The number of amides is 3. The highest BCUT2D eigenvalue weighted by atomic mass is 32.2. The van der Waals surface area contributed by atoms with Gasteiger partial charge >= 0.3 is 11.0 Å². The zero-order valence-electron chi connectivity index (χ0n) is 26.1. The molecule has 0 radical (unpaired) electrons. The van der Waals surface area contributed by atoms with E-state index in [9.17, 15) is 40.8 Å². The van der Waals surface area contributed by atoms with Crippen LogP contribution in [0.5, 0.6) is 5.75 Å². The average molecular weight is 757 g/mol. The molecule has 2 saturated carbocycles. The summed E-state index contributed by atoms with van der Waals surface area (Å²) < 4.78 is 70.8. The van der Waals surface area contributed by atoms with Gasteiger partial charge in [0, 0.05) is 21.7 Å². The number of fused-ring (bicyclic) bond motifs is 9. The molecule has 3 aromatic carbocycles. The predicted molar refractivity (Wildman–Crippen MR) is 181 cm³/mol. The number of hydrogen-bond acceptors (Lipinski definition) is 9. The van der Waals surface area contributed by atoms with Crippen LogP contribution in [0.1, 0.15) is 28.3 Å². The number of anilines is 2. The Morgan fingerprint density at radius 1 is 0.980 bits per heavy atom. The number of ether oxygens (including phenoxy) is 1.